The quantitative estimate of drug-likeness (QED) is 0.570. The molecule has 0 unspecified atom stereocenters. The molecule has 4 heteroatoms. The zero-order valence-corrected chi connectivity index (χ0v) is 12.6. The van der Waals surface area contributed by atoms with Gasteiger partial charge in [-0.3, -0.25) is 4.90 Å². The Kier molecular flexibility index (Phi) is 6.37. The lowest BCUT2D eigenvalue weighted by molar-refractivity contribution is 0.0358. The van der Waals surface area contributed by atoms with E-state index in [1.54, 1.807) is 0 Å². The number of benzene rings is 1. The van der Waals surface area contributed by atoms with Crippen molar-refractivity contribution in [3.8, 4) is 5.75 Å². The van der Waals surface area contributed by atoms with Crippen LogP contribution in [-0.4, -0.2) is 44.4 Å². The zero-order valence-electron chi connectivity index (χ0n) is 11.8. The zero-order chi connectivity index (χ0) is 14.2. The lowest BCUT2D eigenvalue weighted by atomic mass is 10.1. The van der Waals surface area contributed by atoms with E-state index in [0.717, 1.165) is 57.0 Å². The summed E-state index contributed by atoms with van der Waals surface area (Å²) in [6.45, 7) is 9.23. The van der Waals surface area contributed by atoms with Crippen molar-refractivity contribution >= 4 is 11.6 Å². The SMILES string of the molecule is C=CCc1cccc(Cl)c1OCCCN1CCOCC1. The molecule has 0 atom stereocenters. The van der Waals surface area contributed by atoms with E-state index in [0.29, 0.717) is 11.6 Å². The highest BCUT2D eigenvalue weighted by atomic mass is 35.5. The summed E-state index contributed by atoms with van der Waals surface area (Å²) in [6, 6.07) is 5.85. The predicted molar refractivity (Wildman–Crippen MR) is 82.7 cm³/mol. The van der Waals surface area contributed by atoms with Crippen LogP contribution in [-0.2, 0) is 11.2 Å². The Morgan fingerprint density at radius 3 is 2.90 bits per heavy atom. The molecule has 0 N–H and O–H groups in total. The van der Waals surface area contributed by atoms with E-state index < -0.39 is 0 Å². The highest BCUT2D eigenvalue weighted by molar-refractivity contribution is 6.32. The van der Waals surface area contributed by atoms with E-state index in [1.807, 2.05) is 24.3 Å². The standard InChI is InChI=1S/C16H22ClNO2/c1-2-5-14-6-3-7-15(17)16(14)20-11-4-8-18-9-12-19-13-10-18/h2-3,6-7H,1,4-5,8-13H2. The van der Waals surface area contributed by atoms with Crippen LogP contribution in [0.5, 0.6) is 5.75 Å². The Morgan fingerprint density at radius 2 is 2.15 bits per heavy atom. The van der Waals surface area contributed by atoms with Crippen molar-refractivity contribution in [2.24, 2.45) is 0 Å². The molecular formula is C16H22ClNO2. The summed E-state index contributed by atoms with van der Waals surface area (Å²) >= 11 is 6.21. The van der Waals surface area contributed by atoms with Crippen molar-refractivity contribution in [3.05, 3.63) is 41.4 Å². The van der Waals surface area contributed by atoms with Gasteiger partial charge in [0.25, 0.3) is 0 Å². The summed E-state index contributed by atoms with van der Waals surface area (Å²) < 4.78 is 11.2. The van der Waals surface area contributed by atoms with Gasteiger partial charge in [0.05, 0.1) is 24.8 Å². The molecule has 0 radical (unpaired) electrons. The number of morpholine rings is 1. The van der Waals surface area contributed by atoms with E-state index in [1.165, 1.54) is 0 Å². The van der Waals surface area contributed by atoms with Crippen molar-refractivity contribution < 1.29 is 9.47 Å². The van der Waals surface area contributed by atoms with Gasteiger partial charge in [0.15, 0.2) is 0 Å². The first-order valence-corrected chi connectivity index (χ1v) is 7.50. The molecule has 0 spiro atoms. The van der Waals surface area contributed by atoms with Crippen molar-refractivity contribution in [2.45, 2.75) is 12.8 Å². The van der Waals surface area contributed by atoms with E-state index in [2.05, 4.69) is 11.5 Å². The van der Waals surface area contributed by atoms with Crippen LogP contribution in [0.2, 0.25) is 5.02 Å². The maximum atomic E-state index is 6.21. The molecule has 3 nitrogen and oxygen atoms in total. The van der Waals surface area contributed by atoms with Gasteiger partial charge < -0.3 is 9.47 Å². The average molecular weight is 296 g/mol. The Balaban J connectivity index is 1.79. The van der Waals surface area contributed by atoms with Crippen molar-refractivity contribution in [2.75, 3.05) is 39.5 Å². The van der Waals surface area contributed by atoms with Gasteiger partial charge in [-0.25, -0.2) is 0 Å². The summed E-state index contributed by atoms with van der Waals surface area (Å²) in [6.07, 6.45) is 3.64. The Hall–Kier alpha value is -1.03. The Morgan fingerprint density at radius 1 is 1.35 bits per heavy atom. The summed E-state index contributed by atoms with van der Waals surface area (Å²) in [4.78, 5) is 2.41. The third-order valence-corrected chi connectivity index (χ3v) is 3.68. The van der Waals surface area contributed by atoms with E-state index in [4.69, 9.17) is 21.1 Å². The van der Waals surface area contributed by atoms with Crippen LogP contribution in [0.4, 0.5) is 0 Å². The van der Waals surface area contributed by atoms with Gasteiger partial charge >= 0.3 is 0 Å². The molecule has 1 aliphatic heterocycles. The lowest BCUT2D eigenvalue weighted by Crippen LogP contribution is -2.37. The number of hydrogen-bond acceptors (Lipinski definition) is 3. The molecule has 2 rings (SSSR count). The minimum absolute atomic E-state index is 0.677. The number of allylic oxidation sites excluding steroid dienone is 1. The first-order chi connectivity index (χ1) is 9.81. The topological polar surface area (TPSA) is 21.7 Å². The second-order valence-corrected chi connectivity index (χ2v) is 5.28. The first kappa shape index (κ1) is 15.4. The smallest absolute Gasteiger partial charge is 0.141 e. The molecular weight excluding hydrogens is 274 g/mol. The average Bonchev–Trinajstić information content (AvgIpc) is 2.47. The molecule has 0 bridgehead atoms. The molecule has 110 valence electrons. The van der Waals surface area contributed by atoms with Gasteiger partial charge in [0.1, 0.15) is 5.75 Å². The molecule has 1 aliphatic rings. The lowest BCUT2D eigenvalue weighted by Gasteiger charge is -2.26. The number of nitrogens with zero attached hydrogens (tertiary/aromatic N) is 1. The van der Waals surface area contributed by atoms with Crippen molar-refractivity contribution in [1.82, 2.24) is 4.90 Å². The second kappa shape index (κ2) is 8.30. The van der Waals surface area contributed by atoms with Crippen molar-refractivity contribution in [3.63, 3.8) is 0 Å². The highest BCUT2D eigenvalue weighted by Crippen LogP contribution is 2.29. The highest BCUT2D eigenvalue weighted by Gasteiger charge is 2.10. The molecule has 0 aliphatic carbocycles. The first-order valence-electron chi connectivity index (χ1n) is 7.12. The molecule has 1 fully saturated rings. The number of rotatable bonds is 7. The van der Waals surface area contributed by atoms with Gasteiger partial charge in [-0.05, 0) is 24.5 Å². The number of ether oxygens (including phenoxy) is 2. The monoisotopic (exact) mass is 295 g/mol. The fourth-order valence-corrected chi connectivity index (χ4v) is 2.57. The summed E-state index contributed by atoms with van der Waals surface area (Å²) in [5.41, 5.74) is 1.10. The minimum Gasteiger partial charge on any atom is -0.492 e. The van der Waals surface area contributed by atoms with Crippen molar-refractivity contribution in [1.29, 1.82) is 0 Å². The van der Waals surface area contributed by atoms with Crippen LogP contribution < -0.4 is 4.74 Å². The summed E-state index contributed by atoms with van der Waals surface area (Å²) in [7, 11) is 0. The summed E-state index contributed by atoms with van der Waals surface area (Å²) in [5, 5.41) is 0.677. The number of para-hydroxylation sites is 1. The number of hydrogen-bond donors (Lipinski definition) is 0. The fraction of sp³-hybridized carbons (Fsp3) is 0.500. The molecule has 1 heterocycles. The molecule has 1 aromatic carbocycles. The molecule has 0 saturated carbocycles. The number of halogens is 1. The van der Waals surface area contributed by atoms with Gasteiger partial charge in [0.2, 0.25) is 0 Å². The molecule has 1 saturated heterocycles. The van der Waals surface area contributed by atoms with Gasteiger partial charge in [-0.2, -0.15) is 0 Å². The van der Waals surface area contributed by atoms with Gasteiger partial charge in [-0.15, -0.1) is 6.58 Å². The third kappa shape index (κ3) is 4.51. The van der Waals surface area contributed by atoms with Crippen LogP contribution in [0.3, 0.4) is 0 Å². The largest absolute Gasteiger partial charge is 0.492 e. The Bertz CT molecular complexity index is 430. The summed E-state index contributed by atoms with van der Waals surface area (Å²) in [5.74, 6) is 0.802. The van der Waals surface area contributed by atoms with E-state index in [9.17, 15) is 0 Å². The normalized spacial score (nSPS) is 16.1. The predicted octanol–water partition coefficient (Wildman–Crippen LogP) is 3.17. The third-order valence-electron chi connectivity index (χ3n) is 3.38. The minimum atomic E-state index is 0.677. The van der Waals surface area contributed by atoms with E-state index in [-0.39, 0.29) is 0 Å². The molecule has 20 heavy (non-hydrogen) atoms. The maximum absolute atomic E-state index is 6.21. The van der Waals surface area contributed by atoms with Gasteiger partial charge in [-0.1, -0.05) is 29.8 Å². The Labute approximate surface area is 126 Å². The van der Waals surface area contributed by atoms with E-state index >= 15 is 0 Å². The van der Waals surface area contributed by atoms with Crippen LogP contribution in [0, 0.1) is 0 Å². The maximum Gasteiger partial charge on any atom is 0.141 e. The molecule has 0 amide bonds. The van der Waals surface area contributed by atoms with Gasteiger partial charge in [0, 0.05) is 19.6 Å². The second-order valence-electron chi connectivity index (χ2n) is 4.88. The van der Waals surface area contributed by atoms with Crippen LogP contribution in [0.1, 0.15) is 12.0 Å². The fourth-order valence-electron chi connectivity index (χ4n) is 2.32. The van der Waals surface area contributed by atoms with Crippen LogP contribution in [0.25, 0.3) is 0 Å². The molecule has 0 aromatic heterocycles. The van der Waals surface area contributed by atoms with Crippen LogP contribution >= 0.6 is 11.6 Å². The van der Waals surface area contributed by atoms with Crippen LogP contribution in [0.15, 0.2) is 30.9 Å². The molecule has 1 aromatic rings.